The Balaban J connectivity index is 0.00000196. The van der Waals surface area contributed by atoms with Gasteiger partial charge in [0.05, 0.1) is 10.5 Å². The summed E-state index contributed by atoms with van der Waals surface area (Å²) in [5.74, 6) is -2.16. The van der Waals surface area contributed by atoms with Crippen LogP contribution >= 0.6 is 28.3 Å². The first kappa shape index (κ1) is 14.7. The molecule has 1 aromatic rings. The van der Waals surface area contributed by atoms with Crippen LogP contribution in [0.3, 0.4) is 0 Å². The molecule has 0 saturated carbocycles. The van der Waals surface area contributed by atoms with Crippen molar-refractivity contribution >= 4 is 28.3 Å². The molecular weight excluding hydrogens is 301 g/mol. The van der Waals surface area contributed by atoms with Crippen molar-refractivity contribution < 1.29 is 17.6 Å². The van der Waals surface area contributed by atoms with Crippen molar-refractivity contribution in [1.82, 2.24) is 0 Å². The summed E-state index contributed by atoms with van der Waals surface area (Å²) in [6.45, 7) is 0. The topological polar surface area (TPSA) is 26.0 Å². The lowest BCUT2D eigenvalue weighted by Crippen LogP contribution is -2.22. The fourth-order valence-corrected chi connectivity index (χ4v) is 1.32. The Morgan fingerprint density at radius 3 is 2.20 bits per heavy atom. The van der Waals surface area contributed by atoms with Crippen molar-refractivity contribution in [3.05, 3.63) is 33.8 Å². The van der Waals surface area contributed by atoms with E-state index < -0.39 is 29.7 Å². The third kappa shape index (κ3) is 3.06. The van der Waals surface area contributed by atoms with Gasteiger partial charge in [-0.05, 0) is 28.1 Å². The van der Waals surface area contributed by atoms with Crippen molar-refractivity contribution in [2.24, 2.45) is 5.73 Å². The van der Waals surface area contributed by atoms with Crippen LogP contribution in [0.1, 0.15) is 11.6 Å². The molecule has 0 bridgehead atoms. The highest BCUT2D eigenvalue weighted by Crippen LogP contribution is 2.28. The van der Waals surface area contributed by atoms with E-state index in [1.165, 1.54) is 0 Å². The molecule has 1 atom stereocenters. The molecule has 86 valence electrons. The quantitative estimate of drug-likeness (QED) is 0.657. The maximum Gasteiger partial charge on any atom is 0.257 e. The van der Waals surface area contributed by atoms with Crippen molar-refractivity contribution in [3.63, 3.8) is 0 Å². The zero-order chi connectivity index (χ0) is 10.9. The minimum Gasteiger partial charge on any atom is -0.319 e. The summed E-state index contributed by atoms with van der Waals surface area (Å²) in [4.78, 5) is 0. The summed E-state index contributed by atoms with van der Waals surface area (Å²) >= 11 is 2.76. The van der Waals surface area contributed by atoms with Crippen LogP contribution in [-0.2, 0) is 0 Å². The summed E-state index contributed by atoms with van der Waals surface area (Å²) in [7, 11) is 0. The third-order valence-corrected chi connectivity index (χ3v) is 2.30. The summed E-state index contributed by atoms with van der Waals surface area (Å²) in [5, 5.41) is 0. The minimum atomic E-state index is -3.01. The van der Waals surface area contributed by atoms with Crippen molar-refractivity contribution in [2.75, 3.05) is 0 Å². The van der Waals surface area contributed by atoms with Crippen LogP contribution in [0, 0.1) is 11.6 Å². The van der Waals surface area contributed by atoms with E-state index in [9.17, 15) is 17.6 Å². The number of halogens is 6. The van der Waals surface area contributed by atoms with Gasteiger partial charge in [-0.2, -0.15) is 0 Å². The van der Waals surface area contributed by atoms with Crippen LogP contribution in [0.4, 0.5) is 17.6 Å². The van der Waals surface area contributed by atoms with E-state index >= 15 is 0 Å². The van der Waals surface area contributed by atoms with Gasteiger partial charge in [-0.3, -0.25) is 0 Å². The van der Waals surface area contributed by atoms with E-state index in [0.29, 0.717) is 0 Å². The number of hydrogen-bond acceptors (Lipinski definition) is 1. The Bertz CT molecular complexity index is 348. The van der Waals surface area contributed by atoms with Crippen LogP contribution < -0.4 is 5.73 Å². The molecule has 0 spiro atoms. The first-order valence-electron chi connectivity index (χ1n) is 3.62. The maximum atomic E-state index is 13.2. The fraction of sp³-hybridized carbons (Fsp3) is 0.250. The van der Waals surface area contributed by atoms with Gasteiger partial charge < -0.3 is 5.73 Å². The Labute approximate surface area is 98.2 Å². The van der Waals surface area contributed by atoms with Gasteiger partial charge in [-0.15, -0.1) is 12.4 Å². The molecule has 1 nitrogen and oxygen atoms in total. The van der Waals surface area contributed by atoms with Gasteiger partial charge in [-0.25, -0.2) is 17.6 Å². The highest BCUT2D eigenvalue weighted by molar-refractivity contribution is 9.10. The normalized spacial score (nSPS) is 12.5. The smallest absolute Gasteiger partial charge is 0.257 e. The largest absolute Gasteiger partial charge is 0.319 e. The number of hydrogen-bond donors (Lipinski definition) is 1. The van der Waals surface area contributed by atoms with Crippen LogP contribution in [0.5, 0.6) is 0 Å². The predicted octanol–water partition coefficient (Wildman–Crippen LogP) is 3.41. The second-order valence-electron chi connectivity index (χ2n) is 2.62. The number of alkyl halides is 2. The Morgan fingerprint density at radius 2 is 1.73 bits per heavy atom. The van der Waals surface area contributed by atoms with E-state index in [-0.39, 0.29) is 16.9 Å². The van der Waals surface area contributed by atoms with Gasteiger partial charge in [0.15, 0.2) is 0 Å². The maximum absolute atomic E-state index is 13.2. The van der Waals surface area contributed by atoms with Crippen molar-refractivity contribution in [1.29, 1.82) is 0 Å². The number of rotatable bonds is 2. The average molecular weight is 308 g/mol. The molecule has 0 radical (unpaired) electrons. The number of nitrogens with two attached hydrogens (primary N) is 1. The van der Waals surface area contributed by atoms with Gasteiger partial charge >= 0.3 is 0 Å². The Morgan fingerprint density at radius 1 is 1.20 bits per heavy atom. The predicted molar refractivity (Wildman–Crippen MR) is 54.2 cm³/mol. The zero-order valence-electron chi connectivity index (χ0n) is 7.18. The standard InChI is InChI=1S/C8H6BrF4N.ClH/c9-3-1-2-4(10)5(6(3)11)7(14)8(12)13;/h1-2,7-8H,14H2;1H/t7-;/m1./s1. The molecule has 0 aliphatic carbocycles. The van der Waals surface area contributed by atoms with Gasteiger partial charge in [0.2, 0.25) is 0 Å². The summed E-state index contributed by atoms with van der Waals surface area (Å²) in [6.07, 6.45) is -3.01. The molecule has 0 aliphatic rings. The van der Waals surface area contributed by atoms with Crippen LogP contribution in [0.2, 0.25) is 0 Å². The van der Waals surface area contributed by atoms with Crippen LogP contribution in [-0.4, -0.2) is 6.43 Å². The summed E-state index contributed by atoms with van der Waals surface area (Å²) < 4.78 is 50.3. The van der Waals surface area contributed by atoms with Crippen LogP contribution in [0.15, 0.2) is 16.6 Å². The second kappa shape index (κ2) is 5.67. The summed E-state index contributed by atoms with van der Waals surface area (Å²) in [5.41, 5.74) is 4.16. The molecule has 1 rings (SSSR count). The number of benzene rings is 1. The van der Waals surface area contributed by atoms with E-state index in [1.807, 2.05) is 0 Å². The van der Waals surface area contributed by atoms with E-state index in [2.05, 4.69) is 15.9 Å². The average Bonchev–Trinajstić information content (AvgIpc) is 2.12. The monoisotopic (exact) mass is 307 g/mol. The fourth-order valence-electron chi connectivity index (χ4n) is 0.974. The Hall–Kier alpha value is -0.330. The summed E-state index contributed by atoms with van der Waals surface area (Å²) in [6, 6.07) is 0.0179. The molecule has 0 saturated heterocycles. The molecule has 0 heterocycles. The third-order valence-electron chi connectivity index (χ3n) is 1.68. The molecule has 0 fully saturated rings. The lowest BCUT2D eigenvalue weighted by molar-refractivity contribution is 0.113. The molecule has 1 aromatic carbocycles. The first-order chi connectivity index (χ1) is 6.45. The molecule has 0 aromatic heterocycles. The van der Waals surface area contributed by atoms with E-state index in [4.69, 9.17) is 5.73 Å². The Kier molecular flexibility index (Phi) is 5.55. The van der Waals surface area contributed by atoms with Crippen molar-refractivity contribution in [3.8, 4) is 0 Å². The van der Waals surface area contributed by atoms with Crippen molar-refractivity contribution in [2.45, 2.75) is 12.5 Å². The first-order valence-corrected chi connectivity index (χ1v) is 4.41. The van der Waals surface area contributed by atoms with E-state index in [1.54, 1.807) is 0 Å². The van der Waals surface area contributed by atoms with Gasteiger partial charge in [0.1, 0.15) is 11.6 Å². The van der Waals surface area contributed by atoms with Gasteiger partial charge in [0, 0.05) is 5.56 Å². The molecule has 2 N–H and O–H groups in total. The molecule has 0 unspecified atom stereocenters. The van der Waals surface area contributed by atoms with Gasteiger partial charge in [-0.1, -0.05) is 0 Å². The molecule has 7 heteroatoms. The lowest BCUT2D eigenvalue weighted by Gasteiger charge is -2.13. The van der Waals surface area contributed by atoms with Crippen LogP contribution in [0.25, 0.3) is 0 Å². The molecule has 0 aliphatic heterocycles. The molecule has 0 amide bonds. The van der Waals surface area contributed by atoms with Gasteiger partial charge in [0.25, 0.3) is 6.43 Å². The highest BCUT2D eigenvalue weighted by atomic mass is 79.9. The second-order valence-corrected chi connectivity index (χ2v) is 3.47. The molecule has 15 heavy (non-hydrogen) atoms. The zero-order valence-corrected chi connectivity index (χ0v) is 9.59. The molecular formula is C8H7BrClF4N. The lowest BCUT2D eigenvalue weighted by atomic mass is 10.1. The van der Waals surface area contributed by atoms with E-state index in [0.717, 1.165) is 12.1 Å². The highest BCUT2D eigenvalue weighted by Gasteiger charge is 2.25. The minimum absolute atomic E-state index is 0. The SMILES string of the molecule is Cl.N[C@H](c1c(F)ccc(Br)c1F)C(F)F.